The highest BCUT2D eigenvalue weighted by atomic mass is 16.5. The van der Waals surface area contributed by atoms with Gasteiger partial charge in [-0.3, -0.25) is 0 Å². The molecule has 0 saturated heterocycles. The summed E-state index contributed by atoms with van der Waals surface area (Å²) in [4.78, 5) is 0. The fourth-order valence-electron chi connectivity index (χ4n) is 2.27. The zero-order valence-corrected chi connectivity index (χ0v) is 13.2. The van der Waals surface area contributed by atoms with Gasteiger partial charge >= 0.3 is 0 Å². The van der Waals surface area contributed by atoms with Crippen molar-refractivity contribution in [2.45, 2.75) is 26.1 Å². The van der Waals surface area contributed by atoms with Crippen molar-refractivity contribution in [2.24, 2.45) is 0 Å². The van der Waals surface area contributed by atoms with E-state index in [0.29, 0.717) is 30.3 Å². The number of methoxy groups -OCH3 is 2. The standard InChI is InChI=1S/C18H22O4/c1-13(19)9-15-10-16(20-2)18(17(11-15)21-3)22-12-14-7-5-4-6-8-14/h4-8,10-11,13,19H,9,12H2,1-3H3. The SMILES string of the molecule is COc1cc(CC(C)O)cc(OC)c1OCc1ccccc1. The van der Waals surface area contributed by atoms with Gasteiger partial charge in [0.1, 0.15) is 6.61 Å². The van der Waals surface area contributed by atoms with Gasteiger partial charge in [-0.2, -0.15) is 0 Å². The van der Waals surface area contributed by atoms with E-state index in [4.69, 9.17) is 14.2 Å². The molecule has 1 unspecified atom stereocenters. The smallest absolute Gasteiger partial charge is 0.203 e. The summed E-state index contributed by atoms with van der Waals surface area (Å²) in [5.41, 5.74) is 2.01. The van der Waals surface area contributed by atoms with E-state index in [1.165, 1.54) is 0 Å². The lowest BCUT2D eigenvalue weighted by Crippen LogP contribution is -2.06. The summed E-state index contributed by atoms with van der Waals surface area (Å²) in [5.74, 6) is 1.78. The van der Waals surface area contributed by atoms with E-state index in [9.17, 15) is 5.11 Å². The predicted molar refractivity (Wildman–Crippen MR) is 85.7 cm³/mol. The van der Waals surface area contributed by atoms with Crippen molar-refractivity contribution >= 4 is 0 Å². The molecular formula is C18H22O4. The predicted octanol–water partition coefficient (Wildman–Crippen LogP) is 3.21. The Morgan fingerprint density at radius 2 is 1.55 bits per heavy atom. The lowest BCUT2D eigenvalue weighted by molar-refractivity contribution is 0.195. The van der Waals surface area contributed by atoms with E-state index in [1.54, 1.807) is 21.1 Å². The molecule has 118 valence electrons. The number of hydrogen-bond acceptors (Lipinski definition) is 4. The highest BCUT2D eigenvalue weighted by molar-refractivity contribution is 5.54. The topological polar surface area (TPSA) is 47.9 Å². The minimum Gasteiger partial charge on any atom is -0.493 e. The van der Waals surface area contributed by atoms with Gasteiger partial charge in [-0.25, -0.2) is 0 Å². The summed E-state index contributed by atoms with van der Waals surface area (Å²) in [6, 6.07) is 13.7. The lowest BCUT2D eigenvalue weighted by atomic mass is 10.1. The number of rotatable bonds is 7. The Labute approximate surface area is 131 Å². The second-order valence-corrected chi connectivity index (χ2v) is 5.16. The van der Waals surface area contributed by atoms with Crippen molar-refractivity contribution in [2.75, 3.05) is 14.2 Å². The van der Waals surface area contributed by atoms with Crippen LogP contribution in [0.3, 0.4) is 0 Å². The molecule has 0 aliphatic carbocycles. The Kier molecular flexibility index (Phi) is 5.67. The van der Waals surface area contributed by atoms with Crippen molar-refractivity contribution in [3.8, 4) is 17.2 Å². The first-order chi connectivity index (χ1) is 10.6. The van der Waals surface area contributed by atoms with Gasteiger partial charge in [0.05, 0.1) is 20.3 Å². The number of aliphatic hydroxyl groups is 1. The molecule has 0 aromatic heterocycles. The lowest BCUT2D eigenvalue weighted by Gasteiger charge is -2.16. The van der Waals surface area contributed by atoms with Gasteiger partial charge in [0.2, 0.25) is 5.75 Å². The summed E-state index contributed by atoms with van der Waals surface area (Å²) in [5, 5.41) is 9.54. The molecule has 0 amide bonds. The fourth-order valence-corrected chi connectivity index (χ4v) is 2.27. The van der Waals surface area contributed by atoms with Crippen LogP contribution in [0.2, 0.25) is 0 Å². The molecule has 0 spiro atoms. The van der Waals surface area contributed by atoms with Gasteiger partial charge in [-0.1, -0.05) is 30.3 Å². The first-order valence-electron chi connectivity index (χ1n) is 7.23. The first kappa shape index (κ1) is 16.2. The van der Waals surface area contributed by atoms with Gasteiger partial charge in [-0.05, 0) is 36.6 Å². The first-order valence-corrected chi connectivity index (χ1v) is 7.23. The second-order valence-electron chi connectivity index (χ2n) is 5.16. The molecular weight excluding hydrogens is 280 g/mol. The van der Waals surface area contributed by atoms with Gasteiger partial charge in [0.25, 0.3) is 0 Å². The van der Waals surface area contributed by atoms with Crippen molar-refractivity contribution in [1.82, 2.24) is 0 Å². The van der Waals surface area contributed by atoms with E-state index < -0.39 is 6.10 Å². The van der Waals surface area contributed by atoms with Crippen LogP contribution >= 0.6 is 0 Å². The van der Waals surface area contributed by atoms with Crippen LogP contribution in [0.4, 0.5) is 0 Å². The third-order valence-corrected chi connectivity index (χ3v) is 3.28. The van der Waals surface area contributed by atoms with Gasteiger partial charge in [0, 0.05) is 0 Å². The number of aliphatic hydroxyl groups excluding tert-OH is 1. The third kappa shape index (κ3) is 4.15. The molecule has 1 N–H and O–H groups in total. The summed E-state index contributed by atoms with van der Waals surface area (Å²) in [7, 11) is 3.19. The fraction of sp³-hybridized carbons (Fsp3) is 0.333. The molecule has 1 atom stereocenters. The minimum absolute atomic E-state index is 0.425. The van der Waals surface area contributed by atoms with E-state index in [0.717, 1.165) is 11.1 Å². The Hall–Kier alpha value is -2.20. The van der Waals surface area contributed by atoms with Gasteiger partial charge < -0.3 is 19.3 Å². The Morgan fingerprint density at radius 3 is 2.05 bits per heavy atom. The molecule has 22 heavy (non-hydrogen) atoms. The molecule has 2 rings (SSSR count). The monoisotopic (exact) mass is 302 g/mol. The zero-order valence-electron chi connectivity index (χ0n) is 13.2. The minimum atomic E-state index is -0.425. The highest BCUT2D eigenvalue weighted by Gasteiger charge is 2.15. The molecule has 0 heterocycles. The molecule has 0 fully saturated rings. The Bertz CT molecular complexity index is 568. The van der Waals surface area contributed by atoms with E-state index in [-0.39, 0.29) is 0 Å². The van der Waals surface area contributed by atoms with Crippen molar-refractivity contribution in [3.63, 3.8) is 0 Å². The number of hydrogen-bond donors (Lipinski definition) is 1. The van der Waals surface area contributed by atoms with Crippen LogP contribution in [0.15, 0.2) is 42.5 Å². The zero-order chi connectivity index (χ0) is 15.9. The highest BCUT2D eigenvalue weighted by Crippen LogP contribution is 2.39. The van der Waals surface area contributed by atoms with Crippen LogP contribution in [0.1, 0.15) is 18.1 Å². The van der Waals surface area contributed by atoms with Crippen LogP contribution in [0.5, 0.6) is 17.2 Å². The van der Waals surface area contributed by atoms with Crippen LogP contribution in [0, 0.1) is 0 Å². The number of ether oxygens (including phenoxy) is 3. The van der Waals surface area contributed by atoms with Crippen molar-refractivity contribution in [3.05, 3.63) is 53.6 Å². The maximum atomic E-state index is 9.54. The van der Waals surface area contributed by atoms with Crippen LogP contribution in [-0.4, -0.2) is 25.4 Å². The molecule has 0 aliphatic rings. The second kappa shape index (κ2) is 7.71. The summed E-state index contributed by atoms with van der Waals surface area (Å²) >= 11 is 0. The van der Waals surface area contributed by atoms with Crippen molar-refractivity contribution < 1.29 is 19.3 Å². The molecule has 0 bridgehead atoms. The van der Waals surface area contributed by atoms with Crippen LogP contribution in [-0.2, 0) is 13.0 Å². The Balaban J connectivity index is 2.25. The van der Waals surface area contributed by atoms with Crippen molar-refractivity contribution in [1.29, 1.82) is 0 Å². The molecule has 2 aromatic rings. The molecule has 4 nitrogen and oxygen atoms in total. The maximum absolute atomic E-state index is 9.54. The van der Waals surface area contributed by atoms with E-state index in [1.807, 2.05) is 42.5 Å². The molecule has 0 aliphatic heterocycles. The molecule has 2 aromatic carbocycles. The quantitative estimate of drug-likeness (QED) is 0.853. The van der Waals surface area contributed by atoms with E-state index in [2.05, 4.69) is 0 Å². The van der Waals surface area contributed by atoms with Gasteiger partial charge in [-0.15, -0.1) is 0 Å². The largest absolute Gasteiger partial charge is 0.493 e. The average Bonchev–Trinajstić information content (AvgIpc) is 2.53. The molecule has 0 radical (unpaired) electrons. The third-order valence-electron chi connectivity index (χ3n) is 3.28. The molecule has 4 heteroatoms. The maximum Gasteiger partial charge on any atom is 0.203 e. The summed E-state index contributed by atoms with van der Waals surface area (Å²) < 4.78 is 16.7. The van der Waals surface area contributed by atoms with Crippen LogP contribution in [0.25, 0.3) is 0 Å². The normalized spacial score (nSPS) is 11.8. The van der Waals surface area contributed by atoms with Gasteiger partial charge in [0.15, 0.2) is 11.5 Å². The average molecular weight is 302 g/mol. The molecule has 0 saturated carbocycles. The number of benzene rings is 2. The Morgan fingerprint density at radius 1 is 0.955 bits per heavy atom. The summed E-state index contributed by atoms with van der Waals surface area (Å²) in [6.45, 7) is 2.18. The van der Waals surface area contributed by atoms with E-state index >= 15 is 0 Å². The van der Waals surface area contributed by atoms with Crippen LogP contribution < -0.4 is 14.2 Å². The summed E-state index contributed by atoms with van der Waals surface area (Å²) in [6.07, 6.45) is 0.108.